The molecule has 0 aliphatic carbocycles. The highest BCUT2D eigenvalue weighted by atomic mass is 16.6. The number of unbranched alkanes of at least 4 members (excludes halogenated alkanes) is 26. The maximum atomic E-state index is 12.9. The second-order valence-electron chi connectivity index (χ2n) is 22.3. The zero-order chi connectivity index (χ0) is 59.9. The number of hydrogen-bond donors (Lipinski definition) is 0. The van der Waals surface area contributed by atoms with Gasteiger partial charge in [-0.2, -0.15) is 0 Å². The van der Waals surface area contributed by atoms with Gasteiger partial charge in [0.15, 0.2) is 6.10 Å². The highest BCUT2D eigenvalue weighted by molar-refractivity contribution is 5.71. The van der Waals surface area contributed by atoms with Crippen molar-refractivity contribution in [3.63, 3.8) is 0 Å². The summed E-state index contributed by atoms with van der Waals surface area (Å²) in [5.74, 6) is -0.928. The van der Waals surface area contributed by atoms with E-state index in [1.165, 1.54) is 103 Å². The normalized spacial score (nSPS) is 13.0. The van der Waals surface area contributed by atoms with Gasteiger partial charge in [-0.1, -0.05) is 295 Å². The van der Waals surface area contributed by atoms with E-state index in [1.54, 1.807) is 0 Å². The molecule has 0 rings (SSSR count). The molecule has 83 heavy (non-hydrogen) atoms. The van der Waals surface area contributed by atoms with Crippen LogP contribution < -0.4 is 0 Å². The Hall–Kier alpha value is -4.71. The predicted molar refractivity (Wildman–Crippen MR) is 362 cm³/mol. The molecule has 0 amide bonds. The fraction of sp³-hybridized carbons (Fsp3) is 0.649. The summed E-state index contributed by atoms with van der Waals surface area (Å²) in [5, 5.41) is 0. The van der Waals surface area contributed by atoms with Gasteiger partial charge in [-0.15, -0.1) is 0 Å². The lowest BCUT2D eigenvalue weighted by Crippen LogP contribution is -2.30. The molecule has 0 spiro atoms. The van der Waals surface area contributed by atoms with Crippen LogP contribution in [-0.2, 0) is 28.6 Å². The van der Waals surface area contributed by atoms with Gasteiger partial charge < -0.3 is 14.2 Å². The number of allylic oxidation sites excluding steroid dienone is 24. The van der Waals surface area contributed by atoms with Crippen LogP contribution in [0.1, 0.15) is 303 Å². The summed E-state index contributed by atoms with van der Waals surface area (Å²) in [6.07, 6.45) is 100. The molecule has 0 saturated heterocycles. The third-order valence-corrected chi connectivity index (χ3v) is 14.3. The van der Waals surface area contributed by atoms with Crippen molar-refractivity contribution < 1.29 is 28.6 Å². The minimum atomic E-state index is -0.803. The zero-order valence-electron chi connectivity index (χ0n) is 53.9. The number of hydrogen-bond acceptors (Lipinski definition) is 6. The van der Waals surface area contributed by atoms with Crippen LogP contribution in [0.25, 0.3) is 0 Å². The summed E-state index contributed by atoms with van der Waals surface area (Å²) in [4.78, 5) is 38.4. The van der Waals surface area contributed by atoms with Crippen molar-refractivity contribution in [3.8, 4) is 0 Å². The van der Waals surface area contributed by atoms with Crippen LogP contribution >= 0.6 is 0 Å². The number of carbonyl (C=O) groups excluding carboxylic acids is 3. The van der Waals surface area contributed by atoms with Crippen LogP contribution in [0.4, 0.5) is 0 Å². The molecule has 0 aromatic carbocycles. The van der Waals surface area contributed by atoms with Crippen molar-refractivity contribution >= 4 is 17.9 Å². The highest BCUT2D eigenvalue weighted by Gasteiger charge is 2.19. The molecule has 0 N–H and O–H groups in total. The monoisotopic (exact) mass is 1150 g/mol. The maximum Gasteiger partial charge on any atom is 0.306 e. The summed E-state index contributed by atoms with van der Waals surface area (Å²) in [6, 6.07) is 0. The van der Waals surface area contributed by atoms with Gasteiger partial charge in [0.2, 0.25) is 0 Å². The third-order valence-electron chi connectivity index (χ3n) is 14.3. The largest absolute Gasteiger partial charge is 0.462 e. The van der Waals surface area contributed by atoms with E-state index in [0.717, 1.165) is 161 Å². The summed E-state index contributed by atoms with van der Waals surface area (Å²) in [6.45, 7) is 6.29. The molecule has 470 valence electrons. The Balaban J connectivity index is 4.36. The Morgan fingerprint density at radius 2 is 0.434 bits per heavy atom. The minimum absolute atomic E-state index is 0.0951. The quantitative estimate of drug-likeness (QED) is 0.0261. The van der Waals surface area contributed by atoms with Gasteiger partial charge in [0, 0.05) is 19.3 Å². The number of esters is 3. The van der Waals surface area contributed by atoms with Gasteiger partial charge >= 0.3 is 17.9 Å². The van der Waals surface area contributed by atoms with Crippen LogP contribution in [0.3, 0.4) is 0 Å². The van der Waals surface area contributed by atoms with Gasteiger partial charge in [0.05, 0.1) is 0 Å². The Bertz CT molecular complexity index is 1800. The Kier molecular flexibility index (Phi) is 65.8. The number of ether oxygens (including phenoxy) is 3. The van der Waals surface area contributed by atoms with Crippen LogP contribution in [0.2, 0.25) is 0 Å². The van der Waals surface area contributed by atoms with Gasteiger partial charge in [-0.25, -0.2) is 0 Å². The summed E-state index contributed by atoms with van der Waals surface area (Å²) >= 11 is 0. The van der Waals surface area contributed by atoms with Crippen LogP contribution in [0.5, 0.6) is 0 Å². The zero-order valence-corrected chi connectivity index (χ0v) is 53.9. The number of rotatable bonds is 61. The standard InChI is InChI=1S/C77H126O6/c1-4-7-10-13-16-19-22-25-28-31-33-34-35-36-37-38-39-40-41-42-44-46-49-52-55-58-61-64-67-70-76(79)82-73-74(72-81-75(78)69-66-63-60-57-54-51-48-45-30-27-24-21-18-15-12-9-6-3)83-77(80)71-68-65-62-59-56-53-50-47-43-32-29-26-23-20-17-14-11-8-5-2/h7-12,16-21,25-30,33-34,43,47-48,51,74H,4-6,13-15,22-24,31-32,35-42,44-46,49-50,52-73H2,1-3H3/b10-7-,11-8-,12-9-,19-16-,20-17-,21-18-,28-25-,29-26-,30-27-,34-33-,47-43-,51-48-. The second kappa shape index (κ2) is 69.8. The highest BCUT2D eigenvalue weighted by Crippen LogP contribution is 2.16. The van der Waals surface area contributed by atoms with E-state index in [1.807, 2.05) is 0 Å². The third kappa shape index (κ3) is 68.0. The van der Waals surface area contributed by atoms with E-state index in [0.29, 0.717) is 19.3 Å². The molecule has 6 nitrogen and oxygen atoms in total. The van der Waals surface area contributed by atoms with Crippen molar-refractivity contribution in [1.82, 2.24) is 0 Å². The molecule has 1 unspecified atom stereocenters. The lowest BCUT2D eigenvalue weighted by molar-refractivity contribution is -0.167. The van der Waals surface area contributed by atoms with E-state index in [4.69, 9.17) is 14.2 Å². The lowest BCUT2D eigenvalue weighted by atomic mass is 10.0. The van der Waals surface area contributed by atoms with Crippen molar-refractivity contribution in [3.05, 3.63) is 146 Å². The number of carbonyl (C=O) groups is 3. The topological polar surface area (TPSA) is 78.9 Å². The van der Waals surface area contributed by atoms with E-state index in [-0.39, 0.29) is 31.1 Å². The Morgan fingerprint density at radius 3 is 0.675 bits per heavy atom. The molecular formula is C77H126O6. The van der Waals surface area contributed by atoms with E-state index in [2.05, 4.69) is 167 Å². The second-order valence-corrected chi connectivity index (χ2v) is 22.3. The van der Waals surface area contributed by atoms with Crippen molar-refractivity contribution in [2.45, 2.75) is 309 Å². The molecule has 6 heteroatoms. The van der Waals surface area contributed by atoms with E-state index in [9.17, 15) is 14.4 Å². The molecule has 0 bridgehead atoms. The molecule has 0 aromatic heterocycles. The molecule has 0 aromatic rings. The summed E-state index contributed by atoms with van der Waals surface area (Å²) in [7, 11) is 0. The summed E-state index contributed by atoms with van der Waals surface area (Å²) in [5.41, 5.74) is 0. The predicted octanol–water partition coefficient (Wildman–Crippen LogP) is 23.9. The molecule has 0 fully saturated rings. The summed E-state index contributed by atoms with van der Waals surface area (Å²) < 4.78 is 16.9. The molecule has 0 heterocycles. The van der Waals surface area contributed by atoms with Gasteiger partial charge in [-0.05, 0) is 135 Å². The maximum absolute atomic E-state index is 12.9. The average molecular weight is 1150 g/mol. The fourth-order valence-electron chi connectivity index (χ4n) is 9.30. The van der Waals surface area contributed by atoms with Gasteiger partial charge in [-0.3, -0.25) is 14.4 Å². The molecule has 0 saturated carbocycles. The minimum Gasteiger partial charge on any atom is -0.462 e. The first-order valence-corrected chi connectivity index (χ1v) is 34.3. The molecule has 0 aliphatic rings. The van der Waals surface area contributed by atoms with Crippen molar-refractivity contribution in [2.24, 2.45) is 0 Å². The molecule has 1 atom stereocenters. The first kappa shape index (κ1) is 78.3. The Labute approximate surface area is 512 Å². The van der Waals surface area contributed by atoms with Crippen molar-refractivity contribution in [2.75, 3.05) is 13.2 Å². The molecular weight excluding hydrogens is 1020 g/mol. The lowest BCUT2D eigenvalue weighted by Gasteiger charge is -2.18. The van der Waals surface area contributed by atoms with Crippen LogP contribution in [0, 0.1) is 0 Å². The average Bonchev–Trinajstić information content (AvgIpc) is 3.49. The first-order chi connectivity index (χ1) is 41.0. The van der Waals surface area contributed by atoms with E-state index < -0.39 is 6.10 Å². The van der Waals surface area contributed by atoms with E-state index >= 15 is 0 Å². The van der Waals surface area contributed by atoms with Gasteiger partial charge in [0.1, 0.15) is 13.2 Å². The molecule has 0 aliphatic heterocycles. The van der Waals surface area contributed by atoms with Crippen LogP contribution in [0.15, 0.2) is 146 Å². The van der Waals surface area contributed by atoms with Crippen LogP contribution in [-0.4, -0.2) is 37.2 Å². The van der Waals surface area contributed by atoms with Crippen molar-refractivity contribution in [1.29, 1.82) is 0 Å². The Morgan fingerprint density at radius 1 is 0.241 bits per heavy atom. The SMILES string of the molecule is CC/C=C\C/C=C\C/C=C\C/C=C\CCCCCCCCCCCCCCCCCCC(=O)OCC(COC(=O)CCCCCC/C=C\C/C=C\C/C=C\C/C=C\CC)OC(=O)CCCCCCCC/C=C\C/C=C\C/C=C\C/C=C\CC. The fourth-order valence-corrected chi connectivity index (χ4v) is 9.30. The first-order valence-electron chi connectivity index (χ1n) is 34.3. The molecule has 0 radical (unpaired) electrons. The van der Waals surface area contributed by atoms with Gasteiger partial charge in [0.25, 0.3) is 0 Å². The smallest absolute Gasteiger partial charge is 0.306 e.